The molecule has 14 heavy (non-hydrogen) atoms. The molecule has 0 nitrogen and oxygen atoms in total. The fourth-order valence-electron chi connectivity index (χ4n) is 0.354. The summed E-state index contributed by atoms with van der Waals surface area (Å²) in [6, 6.07) is 0. The van der Waals surface area contributed by atoms with Gasteiger partial charge in [0.15, 0.2) is 0 Å². The summed E-state index contributed by atoms with van der Waals surface area (Å²) >= 11 is 0. The van der Waals surface area contributed by atoms with Crippen LogP contribution in [0.25, 0.3) is 0 Å². The normalized spacial score (nSPS) is 5.14. The van der Waals surface area contributed by atoms with E-state index in [-0.39, 0.29) is 58.8 Å². The maximum atomic E-state index is 2.21. The molecule has 0 fully saturated rings. The van der Waals surface area contributed by atoms with Gasteiger partial charge in [0.05, 0.1) is 0 Å². The van der Waals surface area contributed by atoms with Crippen LogP contribution in [0.15, 0.2) is 0 Å². The van der Waals surface area contributed by atoms with E-state index >= 15 is 0 Å². The van der Waals surface area contributed by atoms with Gasteiger partial charge in [-0.05, 0) is 0 Å². The zero-order valence-corrected chi connectivity index (χ0v) is 16.0. The van der Waals surface area contributed by atoms with Crippen molar-refractivity contribution in [2.24, 2.45) is 0 Å². The maximum Gasteiger partial charge on any atom is 1.00 e. The van der Waals surface area contributed by atoms with Crippen molar-refractivity contribution in [2.45, 2.75) is 81.1 Å². The minimum absolute atomic E-state index is 0. The Morgan fingerprint density at radius 3 is 0.786 bits per heavy atom. The second kappa shape index (κ2) is 85.7. The Labute approximate surface area is 138 Å². The summed E-state index contributed by atoms with van der Waals surface area (Å²) in [4.78, 5) is 0. The number of rotatable bonds is 2. The van der Waals surface area contributed by atoms with Gasteiger partial charge in [0.1, 0.15) is 0 Å². The Morgan fingerprint density at radius 2 is 0.786 bits per heavy atom. The maximum absolute atomic E-state index is 2.21. The first-order valence-electron chi connectivity index (χ1n) is 5.83. The van der Waals surface area contributed by atoms with Gasteiger partial charge >= 0.3 is 51.4 Å². The molecular formula is C13H35K. The van der Waals surface area contributed by atoms with Crippen molar-refractivity contribution < 1.29 is 51.4 Å². The first-order valence-corrected chi connectivity index (χ1v) is 5.83. The summed E-state index contributed by atoms with van der Waals surface area (Å²) in [7, 11) is 0. The van der Waals surface area contributed by atoms with Crippen molar-refractivity contribution in [1.82, 2.24) is 0 Å². The molecule has 0 aromatic heterocycles. The molecule has 0 bridgehead atoms. The van der Waals surface area contributed by atoms with Gasteiger partial charge in [0, 0.05) is 0 Å². The van der Waals surface area contributed by atoms with E-state index in [4.69, 9.17) is 0 Å². The van der Waals surface area contributed by atoms with Crippen LogP contribution in [0, 0.1) is 7.43 Å². The van der Waals surface area contributed by atoms with Crippen LogP contribution in [0.3, 0.4) is 0 Å². The molecule has 0 aliphatic carbocycles. The quantitative estimate of drug-likeness (QED) is 0.505. The zero-order chi connectivity index (χ0) is 10.8. The molecule has 0 N–H and O–H groups in total. The molecule has 0 aromatic carbocycles. The minimum Gasteiger partial charge on any atom is -0.358 e. The summed E-state index contributed by atoms with van der Waals surface area (Å²) in [6.07, 6.45) is 5.33. The third-order valence-electron chi connectivity index (χ3n) is 0.707. The van der Waals surface area contributed by atoms with E-state index in [0.717, 1.165) is 0 Å². The Balaban J connectivity index is -0.0000000159. The molecule has 0 atom stereocenters. The Bertz CT molecular complexity index is 19.2. The van der Waals surface area contributed by atoms with Crippen LogP contribution in [0.5, 0.6) is 0 Å². The van der Waals surface area contributed by atoms with Gasteiger partial charge in [-0.2, -0.15) is 0 Å². The van der Waals surface area contributed by atoms with Gasteiger partial charge < -0.3 is 7.43 Å². The van der Waals surface area contributed by atoms with Crippen molar-refractivity contribution in [1.29, 1.82) is 0 Å². The van der Waals surface area contributed by atoms with Crippen molar-refractivity contribution in [3.8, 4) is 0 Å². The summed E-state index contributed by atoms with van der Waals surface area (Å²) < 4.78 is 0. The average Bonchev–Trinajstić information content (AvgIpc) is 2.14. The van der Waals surface area contributed by atoms with Crippen LogP contribution in [0.1, 0.15) is 81.1 Å². The number of unbranched alkanes of at least 4 members (excludes halogenated alkanes) is 2. The van der Waals surface area contributed by atoms with E-state index in [1.807, 2.05) is 27.7 Å². The number of hydrogen-bond acceptors (Lipinski definition) is 0. The van der Waals surface area contributed by atoms with E-state index < -0.39 is 0 Å². The molecule has 0 unspecified atom stereocenters. The molecule has 0 heterocycles. The molecule has 0 spiro atoms. The van der Waals surface area contributed by atoms with Gasteiger partial charge in [-0.25, -0.2) is 0 Å². The molecule has 0 radical (unpaired) electrons. The molecule has 88 valence electrons. The Hall–Kier alpha value is 1.64. The van der Waals surface area contributed by atoms with Crippen molar-refractivity contribution in [3.05, 3.63) is 7.43 Å². The van der Waals surface area contributed by atoms with Crippen LogP contribution >= 0.6 is 0 Å². The van der Waals surface area contributed by atoms with E-state index in [1.165, 1.54) is 25.7 Å². The summed E-state index contributed by atoms with van der Waals surface area (Å²) in [5.74, 6) is 0. The Kier molecular flexibility index (Phi) is 221. The van der Waals surface area contributed by atoms with Crippen LogP contribution in [-0.4, -0.2) is 0 Å². The minimum atomic E-state index is 0. The van der Waals surface area contributed by atoms with Crippen LogP contribution in [0.4, 0.5) is 0 Å². The van der Waals surface area contributed by atoms with Gasteiger partial charge in [0.2, 0.25) is 0 Å². The van der Waals surface area contributed by atoms with Crippen molar-refractivity contribution >= 4 is 0 Å². The third-order valence-corrected chi connectivity index (χ3v) is 0.707. The fraction of sp³-hybridized carbons (Fsp3) is 0.923. The summed E-state index contributed by atoms with van der Waals surface area (Å²) in [5, 5.41) is 0. The molecule has 0 saturated heterocycles. The van der Waals surface area contributed by atoms with Gasteiger partial charge in [-0.15, -0.1) is 0 Å². The topological polar surface area (TPSA) is 0 Å². The van der Waals surface area contributed by atoms with Crippen molar-refractivity contribution in [2.75, 3.05) is 0 Å². The summed E-state index contributed by atoms with van der Waals surface area (Å²) in [5.41, 5.74) is 0. The second-order valence-corrected chi connectivity index (χ2v) is 2.06. The molecule has 0 saturated carbocycles. The van der Waals surface area contributed by atoms with E-state index in [1.54, 1.807) is 0 Å². The van der Waals surface area contributed by atoms with Crippen LogP contribution in [0.2, 0.25) is 0 Å². The molecule has 0 aliphatic heterocycles. The zero-order valence-electron chi connectivity index (χ0n) is 12.8. The van der Waals surface area contributed by atoms with Gasteiger partial charge in [-0.3, -0.25) is 0 Å². The van der Waals surface area contributed by atoms with Gasteiger partial charge in [0.25, 0.3) is 0 Å². The smallest absolute Gasteiger partial charge is 0.358 e. The standard InChI is InChI=1S/C5H12.C3H8.2C2H6.CH3.K/c1-3-5-4-2;1-3-2;2*1-2;;/h3-5H2,1-2H3;3H2,1-2H3;2*1-2H3;1H3;/q;;;;-1;+1. The largest absolute Gasteiger partial charge is 1.00 e. The molecule has 0 aliphatic rings. The average molecular weight is 231 g/mol. The molecule has 0 amide bonds. The van der Waals surface area contributed by atoms with E-state index in [2.05, 4.69) is 27.7 Å². The molecule has 0 aromatic rings. The van der Waals surface area contributed by atoms with Crippen LogP contribution in [-0.2, 0) is 0 Å². The molecule has 0 rings (SSSR count). The SMILES string of the molecule is CC.CC.CCC.CCCCC.[CH3-].[K+]. The predicted molar refractivity (Wildman–Crippen MR) is 70.3 cm³/mol. The summed E-state index contributed by atoms with van der Waals surface area (Å²) in [6.45, 7) is 16.7. The number of hydrogen-bond donors (Lipinski definition) is 0. The molecular weight excluding hydrogens is 195 g/mol. The third kappa shape index (κ3) is 165. The second-order valence-electron chi connectivity index (χ2n) is 2.06. The van der Waals surface area contributed by atoms with E-state index in [0.29, 0.717) is 0 Å². The first-order chi connectivity index (χ1) is 5.83. The monoisotopic (exact) mass is 230 g/mol. The first kappa shape index (κ1) is 36.1. The van der Waals surface area contributed by atoms with Crippen LogP contribution < -0.4 is 51.4 Å². The fourth-order valence-corrected chi connectivity index (χ4v) is 0.354. The Morgan fingerprint density at radius 1 is 0.643 bits per heavy atom. The van der Waals surface area contributed by atoms with Crippen molar-refractivity contribution in [3.63, 3.8) is 0 Å². The predicted octanol–water partition coefficient (Wildman–Crippen LogP) is 3.12. The van der Waals surface area contributed by atoms with Gasteiger partial charge in [-0.1, -0.05) is 81.1 Å². The molecule has 1 heteroatoms. The van der Waals surface area contributed by atoms with E-state index in [9.17, 15) is 0 Å².